The van der Waals surface area contributed by atoms with Crippen LogP contribution in [0.2, 0.25) is 5.02 Å². The second kappa shape index (κ2) is 10.3. The van der Waals surface area contributed by atoms with Crippen molar-refractivity contribution in [1.29, 1.82) is 0 Å². The summed E-state index contributed by atoms with van der Waals surface area (Å²) in [7, 11) is 1.36. The summed E-state index contributed by atoms with van der Waals surface area (Å²) in [6.07, 6.45) is 6.76. The zero-order chi connectivity index (χ0) is 18.1. The molecule has 1 aliphatic rings. The largest absolute Gasteiger partial charge is 0.482 e. The molecule has 6 heteroatoms. The molecule has 138 valence electrons. The Hall–Kier alpha value is -1.75. The first-order valence-corrected chi connectivity index (χ1v) is 9.23. The molecule has 25 heavy (non-hydrogen) atoms. The fourth-order valence-electron chi connectivity index (χ4n) is 3.18. The van der Waals surface area contributed by atoms with Gasteiger partial charge in [-0.15, -0.1) is 0 Å². The van der Waals surface area contributed by atoms with Gasteiger partial charge >= 0.3 is 5.97 Å². The average molecular weight is 368 g/mol. The van der Waals surface area contributed by atoms with Crippen LogP contribution in [0.25, 0.3) is 0 Å². The lowest BCUT2D eigenvalue weighted by Gasteiger charge is -2.31. The number of benzene rings is 1. The SMILES string of the molecule is COC(=O)CCN(C(=O)COc1ccccc1Cl)C1CCCCCC1. The molecule has 0 unspecified atom stereocenters. The van der Waals surface area contributed by atoms with Crippen molar-refractivity contribution in [2.75, 3.05) is 20.3 Å². The monoisotopic (exact) mass is 367 g/mol. The lowest BCUT2D eigenvalue weighted by molar-refractivity contribution is -0.143. The molecule has 0 spiro atoms. The molecule has 0 aromatic heterocycles. The van der Waals surface area contributed by atoms with Crippen molar-refractivity contribution in [2.45, 2.75) is 51.0 Å². The topological polar surface area (TPSA) is 55.8 Å². The Morgan fingerprint density at radius 2 is 1.84 bits per heavy atom. The van der Waals surface area contributed by atoms with Gasteiger partial charge < -0.3 is 14.4 Å². The zero-order valence-corrected chi connectivity index (χ0v) is 15.5. The molecule has 1 aromatic carbocycles. The van der Waals surface area contributed by atoms with Gasteiger partial charge in [0.25, 0.3) is 5.91 Å². The van der Waals surface area contributed by atoms with E-state index in [1.165, 1.54) is 20.0 Å². The number of methoxy groups -OCH3 is 1. The highest BCUT2D eigenvalue weighted by molar-refractivity contribution is 6.32. The van der Waals surface area contributed by atoms with E-state index in [0.717, 1.165) is 25.7 Å². The van der Waals surface area contributed by atoms with E-state index in [1.54, 1.807) is 17.0 Å². The van der Waals surface area contributed by atoms with Gasteiger partial charge in [0.2, 0.25) is 0 Å². The van der Waals surface area contributed by atoms with Crippen LogP contribution in [0.15, 0.2) is 24.3 Å². The number of rotatable bonds is 7. The van der Waals surface area contributed by atoms with E-state index < -0.39 is 0 Å². The molecule has 0 bridgehead atoms. The molecule has 1 aliphatic carbocycles. The van der Waals surface area contributed by atoms with Gasteiger partial charge in [-0.3, -0.25) is 9.59 Å². The highest BCUT2D eigenvalue weighted by atomic mass is 35.5. The Morgan fingerprint density at radius 1 is 1.16 bits per heavy atom. The second-order valence-electron chi connectivity index (χ2n) is 6.28. The third-order valence-electron chi connectivity index (χ3n) is 4.56. The maximum Gasteiger partial charge on any atom is 0.307 e. The van der Waals surface area contributed by atoms with Gasteiger partial charge in [-0.25, -0.2) is 0 Å². The number of ether oxygens (including phenoxy) is 2. The van der Waals surface area contributed by atoms with Gasteiger partial charge in [-0.05, 0) is 25.0 Å². The van der Waals surface area contributed by atoms with Crippen LogP contribution < -0.4 is 4.74 Å². The molecule has 1 amide bonds. The number of carbonyl (C=O) groups excluding carboxylic acids is 2. The first-order chi connectivity index (χ1) is 12.1. The van der Waals surface area contributed by atoms with Crippen LogP contribution in [-0.2, 0) is 14.3 Å². The lowest BCUT2D eigenvalue weighted by Crippen LogP contribution is -2.44. The minimum atomic E-state index is -0.307. The molecule has 0 N–H and O–H groups in total. The summed E-state index contributed by atoms with van der Waals surface area (Å²) >= 11 is 6.07. The van der Waals surface area contributed by atoms with E-state index in [-0.39, 0.29) is 30.9 Å². The van der Waals surface area contributed by atoms with Crippen LogP contribution in [0.3, 0.4) is 0 Å². The quantitative estimate of drug-likeness (QED) is 0.542. The minimum Gasteiger partial charge on any atom is -0.482 e. The van der Waals surface area contributed by atoms with E-state index in [4.69, 9.17) is 21.1 Å². The molecule has 1 saturated carbocycles. The zero-order valence-electron chi connectivity index (χ0n) is 14.7. The lowest BCUT2D eigenvalue weighted by atomic mass is 10.1. The fraction of sp³-hybridized carbons (Fsp3) is 0.579. The molecule has 5 nitrogen and oxygen atoms in total. The van der Waals surface area contributed by atoms with E-state index in [0.29, 0.717) is 17.3 Å². The molecule has 0 aliphatic heterocycles. The van der Waals surface area contributed by atoms with Crippen molar-refractivity contribution in [1.82, 2.24) is 4.90 Å². The second-order valence-corrected chi connectivity index (χ2v) is 6.68. The van der Waals surface area contributed by atoms with Gasteiger partial charge in [0.15, 0.2) is 6.61 Å². The predicted molar refractivity (Wildman–Crippen MR) is 96.8 cm³/mol. The number of halogens is 1. The number of hydrogen-bond donors (Lipinski definition) is 0. The fourth-order valence-corrected chi connectivity index (χ4v) is 3.37. The summed E-state index contributed by atoms with van der Waals surface area (Å²) in [4.78, 5) is 26.0. The Kier molecular flexibility index (Phi) is 8.06. The average Bonchev–Trinajstić information content (AvgIpc) is 2.90. The van der Waals surface area contributed by atoms with Crippen molar-refractivity contribution in [3.8, 4) is 5.75 Å². The van der Waals surface area contributed by atoms with Crippen LogP contribution in [0.1, 0.15) is 44.9 Å². The number of para-hydroxylation sites is 1. The molecule has 0 saturated heterocycles. The van der Waals surface area contributed by atoms with Gasteiger partial charge in [0, 0.05) is 12.6 Å². The van der Waals surface area contributed by atoms with Crippen molar-refractivity contribution < 1.29 is 19.1 Å². The number of hydrogen-bond acceptors (Lipinski definition) is 4. The first kappa shape index (κ1) is 19.6. The van der Waals surface area contributed by atoms with Crippen molar-refractivity contribution in [3.05, 3.63) is 29.3 Å². The van der Waals surface area contributed by atoms with E-state index in [1.807, 2.05) is 12.1 Å². The third kappa shape index (κ3) is 6.24. The Morgan fingerprint density at radius 3 is 2.48 bits per heavy atom. The molecular formula is C19H26ClNO4. The molecule has 0 atom stereocenters. The van der Waals surface area contributed by atoms with Crippen molar-refractivity contribution >= 4 is 23.5 Å². The highest BCUT2D eigenvalue weighted by Crippen LogP contribution is 2.25. The summed E-state index contributed by atoms with van der Waals surface area (Å²) in [5.41, 5.74) is 0. The van der Waals surface area contributed by atoms with Crippen molar-refractivity contribution in [2.24, 2.45) is 0 Å². The number of nitrogens with zero attached hydrogens (tertiary/aromatic N) is 1. The molecule has 1 fully saturated rings. The normalized spacial score (nSPS) is 15.3. The maximum absolute atomic E-state index is 12.7. The van der Waals surface area contributed by atoms with Gasteiger partial charge in [-0.2, -0.15) is 0 Å². The smallest absolute Gasteiger partial charge is 0.307 e. The summed E-state index contributed by atoms with van der Waals surface area (Å²) < 4.78 is 10.3. The standard InChI is InChI=1S/C19H26ClNO4/c1-24-19(23)12-13-21(15-8-4-2-3-5-9-15)18(22)14-25-17-11-7-6-10-16(17)20/h6-7,10-11,15H,2-5,8-9,12-14H2,1H3. The maximum atomic E-state index is 12.7. The highest BCUT2D eigenvalue weighted by Gasteiger charge is 2.25. The summed E-state index contributed by atoms with van der Waals surface area (Å²) in [6, 6.07) is 7.24. The van der Waals surface area contributed by atoms with E-state index >= 15 is 0 Å². The number of amides is 1. The molecular weight excluding hydrogens is 342 g/mol. The van der Waals surface area contributed by atoms with Crippen molar-refractivity contribution in [3.63, 3.8) is 0 Å². The van der Waals surface area contributed by atoms with Crippen LogP contribution in [-0.4, -0.2) is 43.1 Å². The van der Waals surface area contributed by atoms with E-state index in [9.17, 15) is 9.59 Å². The summed E-state index contributed by atoms with van der Waals surface area (Å²) in [5, 5.41) is 0.478. The van der Waals surface area contributed by atoms with Crippen LogP contribution >= 0.6 is 11.6 Å². The molecule has 0 radical (unpaired) electrons. The summed E-state index contributed by atoms with van der Waals surface area (Å²) in [5.74, 6) is 0.0699. The molecule has 2 rings (SSSR count). The summed E-state index contributed by atoms with van der Waals surface area (Å²) in [6.45, 7) is 0.281. The Labute approximate surface area is 154 Å². The Bertz CT molecular complexity index is 570. The number of esters is 1. The minimum absolute atomic E-state index is 0.0819. The molecule has 0 heterocycles. The van der Waals surface area contributed by atoms with Gasteiger partial charge in [0.1, 0.15) is 5.75 Å². The first-order valence-electron chi connectivity index (χ1n) is 8.85. The number of carbonyl (C=O) groups is 2. The van der Waals surface area contributed by atoms with Crippen LogP contribution in [0.5, 0.6) is 5.75 Å². The molecule has 1 aromatic rings. The predicted octanol–water partition coefficient (Wildman–Crippen LogP) is 3.83. The van der Waals surface area contributed by atoms with Gasteiger partial charge in [-0.1, -0.05) is 49.4 Å². The van der Waals surface area contributed by atoms with Crippen LogP contribution in [0, 0.1) is 0 Å². The van der Waals surface area contributed by atoms with Crippen LogP contribution in [0.4, 0.5) is 0 Å². The van der Waals surface area contributed by atoms with E-state index in [2.05, 4.69) is 0 Å². The third-order valence-corrected chi connectivity index (χ3v) is 4.87. The Balaban J connectivity index is 2.00. The van der Waals surface area contributed by atoms with Gasteiger partial charge in [0.05, 0.1) is 18.6 Å².